The van der Waals surface area contributed by atoms with E-state index in [0.29, 0.717) is 12.1 Å². The maximum atomic E-state index is 12.5. The summed E-state index contributed by atoms with van der Waals surface area (Å²) < 4.78 is 45.1. The summed E-state index contributed by atoms with van der Waals surface area (Å²) in [5.74, 6) is -1.73. The molecule has 0 saturated heterocycles. The van der Waals surface area contributed by atoms with E-state index < -0.39 is 26.7 Å². The van der Waals surface area contributed by atoms with E-state index in [9.17, 15) is 16.7 Å². The van der Waals surface area contributed by atoms with Crippen molar-refractivity contribution in [2.24, 2.45) is 0 Å². The Morgan fingerprint density at radius 1 is 1.33 bits per heavy atom. The average molecular weight is 194 g/mol. The molecule has 0 aromatic heterocycles. The zero-order valence-corrected chi connectivity index (χ0v) is 6.48. The van der Waals surface area contributed by atoms with E-state index in [2.05, 4.69) is 0 Å². The lowest BCUT2D eigenvalue weighted by Crippen LogP contribution is -1.95. The molecule has 1 aromatic carbocycles. The van der Waals surface area contributed by atoms with Crippen LogP contribution in [0.15, 0.2) is 23.1 Å². The molecule has 0 aliphatic heterocycles. The molecule has 0 unspecified atom stereocenters. The number of hydrogen-bond acceptors (Lipinski definition) is 3. The maximum Gasteiger partial charge on any atom is 0.335 e. The van der Waals surface area contributed by atoms with Crippen LogP contribution in [-0.4, -0.2) is 13.5 Å². The molecule has 0 atom stereocenters. The fraction of sp³-hybridized carbons (Fsp3) is 0. The molecule has 3 nitrogen and oxygen atoms in total. The lowest BCUT2D eigenvalue weighted by atomic mass is 10.3. The van der Waals surface area contributed by atoms with Crippen molar-refractivity contribution in [3.05, 3.63) is 24.0 Å². The first-order chi connectivity index (χ1) is 5.41. The number of rotatable bonds is 1. The monoisotopic (exact) mass is 194 g/mol. The van der Waals surface area contributed by atoms with Gasteiger partial charge in [-0.2, -0.15) is 8.42 Å². The van der Waals surface area contributed by atoms with Gasteiger partial charge in [0.2, 0.25) is 0 Å². The van der Waals surface area contributed by atoms with E-state index in [1.54, 1.807) is 0 Å². The van der Waals surface area contributed by atoms with Crippen LogP contribution < -0.4 is 0 Å². The Kier molecular flexibility index (Phi) is 2.01. The van der Waals surface area contributed by atoms with E-state index in [0.717, 1.165) is 6.07 Å². The van der Waals surface area contributed by atoms with Crippen molar-refractivity contribution in [3.8, 4) is 5.75 Å². The second-order valence-electron chi connectivity index (χ2n) is 2.05. The van der Waals surface area contributed by atoms with Crippen LogP contribution in [-0.2, 0) is 10.2 Å². The van der Waals surface area contributed by atoms with Crippen molar-refractivity contribution in [1.82, 2.24) is 0 Å². The standard InChI is InChI=1S/C6H4F2O3S/c7-5-2-1-4(9)3-6(5)12(8,10)11/h1-3,9H. The summed E-state index contributed by atoms with van der Waals surface area (Å²) >= 11 is 0. The van der Waals surface area contributed by atoms with Crippen LogP contribution in [0.25, 0.3) is 0 Å². The van der Waals surface area contributed by atoms with Crippen molar-refractivity contribution in [2.45, 2.75) is 4.90 Å². The van der Waals surface area contributed by atoms with Gasteiger partial charge < -0.3 is 5.11 Å². The Labute approximate surface area is 67.5 Å². The number of phenolic OH excluding ortho intramolecular Hbond substituents is 1. The van der Waals surface area contributed by atoms with E-state index in [4.69, 9.17) is 5.11 Å². The van der Waals surface area contributed by atoms with Gasteiger partial charge in [0, 0.05) is 6.07 Å². The quantitative estimate of drug-likeness (QED) is 0.683. The molecule has 0 amide bonds. The zero-order chi connectivity index (χ0) is 9.35. The first-order valence-electron chi connectivity index (χ1n) is 2.84. The molecule has 0 fully saturated rings. The van der Waals surface area contributed by atoms with Crippen LogP contribution in [0.3, 0.4) is 0 Å². The van der Waals surface area contributed by atoms with Crippen molar-refractivity contribution in [3.63, 3.8) is 0 Å². The Morgan fingerprint density at radius 2 is 1.92 bits per heavy atom. The van der Waals surface area contributed by atoms with Gasteiger partial charge in [-0.05, 0) is 12.1 Å². The summed E-state index contributed by atoms with van der Waals surface area (Å²) in [4.78, 5) is -1.15. The van der Waals surface area contributed by atoms with Crippen molar-refractivity contribution >= 4 is 10.2 Å². The number of aromatic hydroxyl groups is 1. The highest BCUT2D eigenvalue weighted by Crippen LogP contribution is 2.21. The predicted octanol–water partition coefficient (Wildman–Crippen LogP) is 1.19. The van der Waals surface area contributed by atoms with Gasteiger partial charge in [-0.15, -0.1) is 3.89 Å². The second kappa shape index (κ2) is 2.71. The third kappa shape index (κ3) is 1.70. The number of hydrogen-bond donors (Lipinski definition) is 1. The van der Waals surface area contributed by atoms with Gasteiger partial charge in [0.25, 0.3) is 0 Å². The van der Waals surface area contributed by atoms with Gasteiger partial charge >= 0.3 is 10.2 Å². The first-order valence-corrected chi connectivity index (χ1v) is 4.23. The van der Waals surface area contributed by atoms with Crippen molar-refractivity contribution < 1.29 is 21.8 Å². The van der Waals surface area contributed by atoms with Crippen LogP contribution in [0.1, 0.15) is 0 Å². The fourth-order valence-electron chi connectivity index (χ4n) is 0.679. The molecule has 12 heavy (non-hydrogen) atoms. The van der Waals surface area contributed by atoms with E-state index in [-0.39, 0.29) is 0 Å². The van der Waals surface area contributed by atoms with E-state index in [1.165, 1.54) is 0 Å². The number of benzene rings is 1. The van der Waals surface area contributed by atoms with Gasteiger partial charge in [-0.1, -0.05) is 0 Å². The molecule has 0 radical (unpaired) electrons. The molecule has 1 aromatic rings. The second-order valence-corrected chi connectivity index (χ2v) is 3.37. The van der Waals surface area contributed by atoms with Crippen molar-refractivity contribution in [1.29, 1.82) is 0 Å². The van der Waals surface area contributed by atoms with Gasteiger partial charge in [0.1, 0.15) is 16.5 Å². The van der Waals surface area contributed by atoms with Crippen LogP contribution in [0.2, 0.25) is 0 Å². The third-order valence-electron chi connectivity index (χ3n) is 1.18. The molecule has 0 aliphatic carbocycles. The Morgan fingerprint density at radius 3 is 2.33 bits per heavy atom. The molecular weight excluding hydrogens is 190 g/mol. The molecular formula is C6H4F2O3S. The largest absolute Gasteiger partial charge is 0.508 e. The summed E-state index contributed by atoms with van der Waals surface area (Å²) in [5, 5.41) is 8.70. The maximum absolute atomic E-state index is 12.5. The topological polar surface area (TPSA) is 54.4 Å². The summed E-state index contributed by atoms with van der Waals surface area (Å²) in [6, 6.07) is 2.09. The smallest absolute Gasteiger partial charge is 0.335 e. The zero-order valence-electron chi connectivity index (χ0n) is 5.66. The molecule has 0 heterocycles. The molecule has 1 N–H and O–H groups in total. The normalized spacial score (nSPS) is 11.5. The van der Waals surface area contributed by atoms with Crippen LogP contribution in [0, 0.1) is 5.82 Å². The Balaban J connectivity index is 3.43. The molecule has 6 heteroatoms. The molecule has 0 saturated carbocycles. The summed E-state index contributed by atoms with van der Waals surface area (Å²) in [6.07, 6.45) is 0. The van der Waals surface area contributed by atoms with Crippen LogP contribution >= 0.6 is 0 Å². The predicted molar refractivity (Wildman–Crippen MR) is 36.4 cm³/mol. The van der Waals surface area contributed by atoms with Crippen LogP contribution in [0.4, 0.5) is 8.28 Å². The van der Waals surface area contributed by atoms with Gasteiger partial charge in [0.05, 0.1) is 0 Å². The van der Waals surface area contributed by atoms with E-state index >= 15 is 0 Å². The SMILES string of the molecule is O=S(=O)(F)c1cc(O)ccc1F. The Bertz CT molecular complexity index is 399. The minimum absolute atomic E-state index is 0.505. The summed E-state index contributed by atoms with van der Waals surface area (Å²) in [7, 11) is -5.09. The molecule has 0 bridgehead atoms. The molecule has 0 spiro atoms. The Hall–Kier alpha value is -1.17. The average Bonchev–Trinajstić information content (AvgIpc) is 1.92. The summed E-state index contributed by atoms with van der Waals surface area (Å²) in [5.41, 5.74) is 0. The lowest BCUT2D eigenvalue weighted by Gasteiger charge is -1.97. The highest BCUT2D eigenvalue weighted by atomic mass is 32.3. The summed E-state index contributed by atoms with van der Waals surface area (Å²) in [6.45, 7) is 0. The molecule has 0 aliphatic rings. The number of halogens is 2. The van der Waals surface area contributed by atoms with Crippen LogP contribution in [0.5, 0.6) is 5.75 Å². The van der Waals surface area contributed by atoms with Gasteiger partial charge in [0.15, 0.2) is 0 Å². The first kappa shape index (κ1) is 8.92. The minimum atomic E-state index is -5.09. The highest BCUT2D eigenvalue weighted by molar-refractivity contribution is 7.86. The lowest BCUT2D eigenvalue weighted by molar-refractivity contribution is 0.466. The molecule has 1 rings (SSSR count). The fourth-order valence-corrected chi connectivity index (χ4v) is 1.24. The number of phenols is 1. The minimum Gasteiger partial charge on any atom is -0.508 e. The molecule has 66 valence electrons. The van der Waals surface area contributed by atoms with Crippen molar-refractivity contribution in [2.75, 3.05) is 0 Å². The van der Waals surface area contributed by atoms with E-state index in [1.807, 2.05) is 0 Å². The highest BCUT2D eigenvalue weighted by Gasteiger charge is 2.17. The third-order valence-corrected chi connectivity index (χ3v) is 2.02. The van der Waals surface area contributed by atoms with Gasteiger partial charge in [-0.3, -0.25) is 0 Å². The van der Waals surface area contributed by atoms with Gasteiger partial charge in [-0.25, -0.2) is 4.39 Å².